The molecule has 3 fully saturated rings. The van der Waals surface area contributed by atoms with E-state index in [1.807, 2.05) is 10.5 Å². The minimum Gasteiger partial charge on any atom is -0.493 e. The highest BCUT2D eigenvalue weighted by atomic mass is 35.5. The van der Waals surface area contributed by atoms with Crippen LogP contribution >= 0.6 is 11.6 Å². The maximum absolute atomic E-state index is 15.8. The number of imide groups is 1. The number of benzene rings is 2. The Balaban J connectivity index is 0.704. The van der Waals surface area contributed by atoms with Gasteiger partial charge in [0.15, 0.2) is 0 Å². The van der Waals surface area contributed by atoms with Gasteiger partial charge in [0.25, 0.3) is 11.8 Å². The fourth-order valence-electron chi connectivity index (χ4n) is 9.01. The molecule has 5 aromatic rings. The summed E-state index contributed by atoms with van der Waals surface area (Å²) >= 11 is 6.01. The third-order valence-electron chi connectivity index (χ3n) is 12.2. The summed E-state index contributed by atoms with van der Waals surface area (Å²) in [5.74, 6) is -0.247. The Labute approximate surface area is 361 Å². The number of nitrogen functional groups attached to an aromatic ring is 1. The number of piperidine rings is 2. The molecule has 7 heterocycles. The molecule has 0 saturated carbocycles. The van der Waals surface area contributed by atoms with Crippen LogP contribution in [0.5, 0.6) is 5.75 Å². The maximum Gasteiger partial charge on any atom is 0.256 e. The number of fused-ring (bicyclic) bond motifs is 2. The number of pyridine rings is 1. The lowest BCUT2D eigenvalue weighted by atomic mass is 9.72. The van der Waals surface area contributed by atoms with E-state index in [2.05, 4.69) is 30.4 Å². The van der Waals surface area contributed by atoms with Crippen LogP contribution in [0, 0.1) is 11.2 Å². The van der Waals surface area contributed by atoms with Crippen LogP contribution in [0.25, 0.3) is 16.8 Å². The van der Waals surface area contributed by atoms with E-state index in [1.165, 1.54) is 35.4 Å². The Morgan fingerprint density at radius 1 is 0.984 bits per heavy atom. The van der Waals surface area contributed by atoms with Gasteiger partial charge in [-0.3, -0.25) is 28.9 Å². The molecular weight excluding hydrogens is 819 g/mol. The normalized spacial score (nSPS) is 18.5. The summed E-state index contributed by atoms with van der Waals surface area (Å²) in [4.78, 5) is 69.2. The van der Waals surface area contributed by atoms with E-state index in [9.17, 15) is 19.2 Å². The van der Waals surface area contributed by atoms with Crippen molar-refractivity contribution < 1.29 is 33.0 Å². The van der Waals surface area contributed by atoms with Gasteiger partial charge in [-0.25, -0.2) is 19.3 Å². The second-order valence-electron chi connectivity index (χ2n) is 16.4. The van der Waals surface area contributed by atoms with Gasteiger partial charge in [-0.05, 0) is 85.2 Å². The number of imidazole rings is 1. The third kappa shape index (κ3) is 8.39. The minimum absolute atomic E-state index is 0.117. The maximum atomic E-state index is 15.8. The average Bonchev–Trinajstić information content (AvgIpc) is 3.79. The second kappa shape index (κ2) is 17.3. The van der Waals surface area contributed by atoms with Gasteiger partial charge in [0.05, 0.1) is 6.61 Å². The predicted octanol–water partition coefficient (Wildman–Crippen LogP) is 4.96. The number of halogens is 2. The molecule has 0 radical (unpaired) electrons. The number of aromatic nitrogens is 4. The molecule has 3 aromatic heterocycles. The number of nitrogens with two attached hydrogens (primary N) is 1. The predicted molar refractivity (Wildman–Crippen MR) is 228 cm³/mol. The molecule has 0 aliphatic carbocycles. The molecule has 1 unspecified atom stereocenters. The zero-order valence-corrected chi connectivity index (χ0v) is 34.7. The Kier molecular flexibility index (Phi) is 11.5. The quantitative estimate of drug-likeness (QED) is 0.101. The number of amides is 4. The number of hydrogen-bond acceptors (Lipinski definition) is 12. The fourth-order valence-corrected chi connectivity index (χ4v) is 9.17. The summed E-state index contributed by atoms with van der Waals surface area (Å²) < 4.78 is 29.5. The number of anilines is 3. The van der Waals surface area contributed by atoms with Gasteiger partial charge in [0.2, 0.25) is 17.8 Å². The van der Waals surface area contributed by atoms with Crippen LogP contribution in [0.15, 0.2) is 67.1 Å². The van der Waals surface area contributed by atoms with Crippen molar-refractivity contribution in [1.29, 1.82) is 0 Å². The van der Waals surface area contributed by atoms with Crippen LogP contribution in [-0.4, -0.2) is 111 Å². The van der Waals surface area contributed by atoms with E-state index < -0.39 is 23.7 Å². The molecule has 4 amide bonds. The lowest BCUT2D eigenvalue weighted by molar-refractivity contribution is -0.136. The Hall–Kier alpha value is -6.17. The smallest absolute Gasteiger partial charge is 0.256 e. The number of rotatable bonds is 14. The Morgan fingerprint density at radius 2 is 1.79 bits per heavy atom. The molecule has 1 spiro atoms. The van der Waals surface area contributed by atoms with Crippen molar-refractivity contribution in [3.05, 3.63) is 94.7 Å². The highest BCUT2D eigenvalue weighted by molar-refractivity contribution is 6.30. The van der Waals surface area contributed by atoms with E-state index in [1.54, 1.807) is 30.6 Å². The first kappa shape index (κ1) is 41.2. The number of hydrogen-bond donors (Lipinski definition) is 3. The first-order valence-electron chi connectivity index (χ1n) is 20.8. The number of likely N-dealkylation sites (tertiary alicyclic amines) is 1. The van der Waals surface area contributed by atoms with Crippen molar-refractivity contribution in [2.75, 3.05) is 68.5 Å². The first-order chi connectivity index (χ1) is 30.0. The summed E-state index contributed by atoms with van der Waals surface area (Å²) in [6, 6.07) is 12.1. The number of carbonyl (C=O) groups excluding carboxylic acids is 4. The minimum atomic E-state index is -0.642. The van der Waals surface area contributed by atoms with Crippen LogP contribution in [0.1, 0.15) is 64.8 Å². The summed E-state index contributed by atoms with van der Waals surface area (Å²) in [5.41, 5.74) is 9.17. The number of nitrogens with one attached hydrogen (secondary N) is 2. The second-order valence-corrected chi connectivity index (χ2v) is 16.8. The van der Waals surface area contributed by atoms with Gasteiger partial charge < -0.3 is 35.2 Å². The summed E-state index contributed by atoms with van der Waals surface area (Å²) in [7, 11) is 0. The molecule has 322 valence electrons. The molecule has 0 bridgehead atoms. The van der Waals surface area contributed by atoms with Gasteiger partial charge in [-0.1, -0.05) is 11.6 Å². The zero-order chi connectivity index (χ0) is 43.0. The van der Waals surface area contributed by atoms with E-state index >= 15 is 4.39 Å². The highest BCUT2D eigenvalue weighted by Gasteiger charge is 2.45. The van der Waals surface area contributed by atoms with Crippen molar-refractivity contribution >= 4 is 58.3 Å². The monoisotopic (exact) mass is 864 g/mol. The highest BCUT2D eigenvalue weighted by Crippen LogP contribution is 2.42. The molecule has 2 aromatic carbocycles. The van der Waals surface area contributed by atoms with E-state index in [0.29, 0.717) is 66.3 Å². The van der Waals surface area contributed by atoms with Gasteiger partial charge >= 0.3 is 0 Å². The molecule has 3 saturated heterocycles. The van der Waals surface area contributed by atoms with Crippen LogP contribution in [0.4, 0.5) is 22.0 Å². The topological polar surface area (TPSA) is 190 Å². The van der Waals surface area contributed by atoms with Gasteiger partial charge in [-0.2, -0.15) is 0 Å². The van der Waals surface area contributed by atoms with Crippen molar-refractivity contribution in [2.24, 2.45) is 5.41 Å². The van der Waals surface area contributed by atoms with Gasteiger partial charge in [0, 0.05) is 106 Å². The molecule has 16 nitrogen and oxygen atoms in total. The van der Waals surface area contributed by atoms with E-state index in [4.69, 9.17) is 31.8 Å². The van der Waals surface area contributed by atoms with Crippen molar-refractivity contribution in [3.63, 3.8) is 0 Å². The van der Waals surface area contributed by atoms with E-state index in [-0.39, 0.29) is 46.4 Å². The lowest BCUT2D eigenvalue weighted by Crippen LogP contribution is -2.60. The van der Waals surface area contributed by atoms with Crippen molar-refractivity contribution in [3.8, 4) is 17.0 Å². The number of ether oxygens (including phenoxy) is 2. The standard InChI is InChI=1S/C44H46ClFN10O6/c45-29-9-12-48-35(23-29)50-40(58)27-3-5-32(33(46)22-27)37-38-39(47)49-13-17-55(38)43(52-37)54-15-10-44(11-16-54)25-53(26-44)14-1-18-61-19-2-20-62-30-4-6-31-28(21-30)24-56(42(31)60)34-7-8-36(57)51-41(34)59/h3-6,9,12-13,17,21-23,34H,1-2,7-8,10-11,14-16,18-20,24-26H2,(H2,47,49)(H,48,50,58)(H,51,57,59). The fraction of sp³-hybridized carbons (Fsp3) is 0.386. The van der Waals surface area contributed by atoms with Crippen molar-refractivity contribution in [1.82, 2.24) is 34.5 Å². The first-order valence-corrected chi connectivity index (χ1v) is 21.2. The molecule has 4 aliphatic heterocycles. The molecular formula is C44H46ClFN10O6. The summed E-state index contributed by atoms with van der Waals surface area (Å²) in [6.07, 6.45) is 9.09. The lowest BCUT2D eigenvalue weighted by Gasteiger charge is -2.54. The molecule has 18 heteroatoms. The van der Waals surface area contributed by atoms with Crippen LogP contribution < -0.4 is 26.0 Å². The van der Waals surface area contributed by atoms with Gasteiger partial charge in [0.1, 0.15) is 40.5 Å². The van der Waals surface area contributed by atoms with Crippen LogP contribution in [-0.2, 0) is 20.9 Å². The molecule has 4 N–H and O–H groups in total. The number of carbonyl (C=O) groups is 4. The van der Waals surface area contributed by atoms with E-state index in [0.717, 1.165) is 64.0 Å². The largest absolute Gasteiger partial charge is 0.493 e. The summed E-state index contributed by atoms with van der Waals surface area (Å²) in [5, 5.41) is 5.39. The zero-order valence-electron chi connectivity index (χ0n) is 33.9. The third-order valence-corrected chi connectivity index (χ3v) is 12.4. The molecule has 9 rings (SSSR count). The van der Waals surface area contributed by atoms with Crippen molar-refractivity contribution in [2.45, 2.75) is 51.1 Å². The van der Waals surface area contributed by atoms with Gasteiger partial charge in [-0.15, -0.1) is 0 Å². The SMILES string of the molecule is Nc1nccn2c(N3CCC4(CC3)CN(CCCOCCCOc3ccc5c(c3)CN(C3CCC(=O)NC3=O)C5=O)C4)nc(-c3ccc(C(=O)Nc4cc(Cl)ccn4)cc3F)c12. The van der Waals surface area contributed by atoms with Crippen LogP contribution in [0.3, 0.4) is 0 Å². The summed E-state index contributed by atoms with van der Waals surface area (Å²) in [6.45, 7) is 6.66. The number of nitrogens with zero attached hydrogens (tertiary/aromatic N) is 7. The molecule has 62 heavy (non-hydrogen) atoms. The average molecular weight is 865 g/mol. The molecule has 4 aliphatic rings. The Bertz CT molecular complexity index is 2550. The van der Waals surface area contributed by atoms with Crippen LogP contribution in [0.2, 0.25) is 5.02 Å². The molecule has 1 atom stereocenters. The Morgan fingerprint density at radius 3 is 2.58 bits per heavy atom.